The average molecular weight is 176 g/mol. The number of nitrogen functional groups attached to an aromatic ring is 1. The number of anilines is 1. The standard InChI is InChI=1S/C9H12N4/c1-5(2)8-7-3-6(10)4-11-9(7)13-12-8/h3-5H,10H2,1-2H3,(H,11,12,13). The molecule has 0 amide bonds. The molecule has 0 aromatic carbocycles. The quantitative estimate of drug-likeness (QED) is 0.694. The second-order valence-corrected chi connectivity index (χ2v) is 3.43. The van der Waals surface area contributed by atoms with E-state index in [1.54, 1.807) is 6.20 Å². The summed E-state index contributed by atoms with van der Waals surface area (Å²) in [6, 6.07) is 1.90. The number of aromatic amines is 1. The molecule has 0 spiro atoms. The molecule has 2 heterocycles. The molecule has 0 saturated carbocycles. The molecular formula is C9H12N4. The first kappa shape index (κ1) is 8.04. The number of nitrogens with zero attached hydrogens (tertiary/aromatic N) is 2. The van der Waals surface area contributed by atoms with Gasteiger partial charge in [0.25, 0.3) is 0 Å². The highest BCUT2D eigenvalue weighted by Gasteiger charge is 2.09. The summed E-state index contributed by atoms with van der Waals surface area (Å²) in [5, 5.41) is 8.10. The van der Waals surface area contributed by atoms with E-state index in [9.17, 15) is 0 Å². The second kappa shape index (κ2) is 2.73. The fourth-order valence-electron chi connectivity index (χ4n) is 1.38. The van der Waals surface area contributed by atoms with E-state index in [4.69, 9.17) is 5.73 Å². The van der Waals surface area contributed by atoms with Crippen LogP contribution in [0, 0.1) is 0 Å². The maximum absolute atomic E-state index is 5.65. The Labute approximate surface area is 76.2 Å². The minimum absolute atomic E-state index is 0.386. The van der Waals surface area contributed by atoms with Crippen LogP contribution in [0.4, 0.5) is 5.69 Å². The lowest BCUT2D eigenvalue weighted by molar-refractivity contribution is 0.817. The van der Waals surface area contributed by atoms with Gasteiger partial charge in [-0.15, -0.1) is 0 Å². The highest BCUT2D eigenvalue weighted by Crippen LogP contribution is 2.22. The van der Waals surface area contributed by atoms with Crippen molar-refractivity contribution in [1.82, 2.24) is 15.2 Å². The third-order valence-electron chi connectivity index (χ3n) is 2.01. The Bertz CT molecular complexity index is 430. The fraction of sp³-hybridized carbons (Fsp3) is 0.333. The largest absolute Gasteiger partial charge is 0.397 e. The Morgan fingerprint density at radius 3 is 2.92 bits per heavy atom. The molecule has 0 fully saturated rings. The molecule has 0 aliphatic rings. The van der Waals surface area contributed by atoms with Crippen LogP contribution in [-0.2, 0) is 0 Å². The lowest BCUT2D eigenvalue weighted by Gasteiger charge is -1.99. The number of nitrogens with one attached hydrogen (secondary N) is 1. The number of fused-ring (bicyclic) bond motifs is 1. The van der Waals surface area contributed by atoms with E-state index in [1.807, 2.05) is 6.07 Å². The van der Waals surface area contributed by atoms with Gasteiger partial charge in [-0.2, -0.15) is 5.10 Å². The SMILES string of the molecule is CC(C)c1n[nH]c2ncc(N)cc12. The van der Waals surface area contributed by atoms with Crippen LogP contribution in [0.15, 0.2) is 12.3 Å². The van der Waals surface area contributed by atoms with Gasteiger partial charge in [0.05, 0.1) is 17.6 Å². The van der Waals surface area contributed by atoms with Gasteiger partial charge in [-0.05, 0) is 12.0 Å². The van der Waals surface area contributed by atoms with Gasteiger partial charge in [0.1, 0.15) is 0 Å². The van der Waals surface area contributed by atoms with Gasteiger partial charge in [0.15, 0.2) is 5.65 Å². The van der Waals surface area contributed by atoms with Gasteiger partial charge >= 0.3 is 0 Å². The van der Waals surface area contributed by atoms with Crippen LogP contribution in [0.2, 0.25) is 0 Å². The Hall–Kier alpha value is -1.58. The maximum atomic E-state index is 5.65. The molecule has 68 valence electrons. The van der Waals surface area contributed by atoms with Crippen molar-refractivity contribution in [2.45, 2.75) is 19.8 Å². The molecule has 0 saturated heterocycles. The van der Waals surface area contributed by atoms with E-state index in [0.717, 1.165) is 16.7 Å². The lowest BCUT2D eigenvalue weighted by Crippen LogP contribution is -1.89. The van der Waals surface area contributed by atoms with Gasteiger partial charge in [0, 0.05) is 5.39 Å². The summed E-state index contributed by atoms with van der Waals surface area (Å²) in [5.41, 5.74) is 8.15. The Morgan fingerprint density at radius 2 is 2.23 bits per heavy atom. The highest BCUT2D eigenvalue weighted by molar-refractivity contribution is 5.80. The third-order valence-corrected chi connectivity index (χ3v) is 2.01. The van der Waals surface area contributed by atoms with Crippen LogP contribution < -0.4 is 5.73 Å². The molecule has 0 unspecified atom stereocenters. The van der Waals surface area contributed by atoms with E-state index < -0.39 is 0 Å². The Balaban J connectivity index is 2.71. The topological polar surface area (TPSA) is 67.6 Å². The summed E-state index contributed by atoms with van der Waals surface area (Å²) in [7, 11) is 0. The maximum Gasteiger partial charge on any atom is 0.155 e. The van der Waals surface area contributed by atoms with Gasteiger partial charge in [0.2, 0.25) is 0 Å². The number of hydrogen-bond acceptors (Lipinski definition) is 3. The van der Waals surface area contributed by atoms with Crippen LogP contribution in [-0.4, -0.2) is 15.2 Å². The Kier molecular flexibility index (Phi) is 1.69. The van der Waals surface area contributed by atoms with Crippen LogP contribution in [0.3, 0.4) is 0 Å². The molecular weight excluding hydrogens is 164 g/mol. The molecule has 2 aromatic rings. The van der Waals surface area contributed by atoms with E-state index in [0.29, 0.717) is 11.6 Å². The van der Waals surface area contributed by atoms with Gasteiger partial charge < -0.3 is 5.73 Å². The first-order valence-electron chi connectivity index (χ1n) is 4.28. The van der Waals surface area contributed by atoms with E-state index in [-0.39, 0.29) is 0 Å². The number of aromatic nitrogens is 3. The van der Waals surface area contributed by atoms with Crippen molar-refractivity contribution in [2.24, 2.45) is 0 Å². The van der Waals surface area contributed by atoms with Crippen molar-refractivity contribution < 1.29 is 0 Å². The zero-order chi connectivity index (χ0) is 9.42. The molecule has 0 aliphatic heterocycles. The summed E-state index contributed by atoms with van der Waals surface area (Å²) >= 11 is 0. The smallest absolute Gasteiger partial charge is 0.155 e. The zero-order valence-electron chi connectivity index (χ0n) is 7.70. The molecule has 2 aromatic heterocycles. The van der Waals surface area contributed by atoms with E-state index >= 15 is 0 Å². The summed E-state index contributed by atoms with van der Waals surface area (Å²) in [6.07, 6.45) is 1.63. The number of rotatable bonds is 1. The Morgan fingerprint density at radius 1 is 1.46 bits per heavy atom. The summed E-state index contributed by atoms with van der Waals surface area (Å²) in [4.78, 5) is 4.14. The lowest BCUT2D eigenvalue weighted by atomic mass is 10.1. The average Bonchev–Trinajstić information content (AvgIpc) is 2.46. The third kappa shape index (κ3) is 1.24. The predicted octanol–water partition coefficient (Wildman–Crippen LogP) is 1.66. The molecule has 2 rings (SSSR count). The van der Waals surface area contributed by atoms with Crippen molar-refractivity contribution in [3.05, 3.63) is 18.0 Å². The normalized spacial score (nSPS) is 11.3. The van der Waals surface area contributed by atoms with E-state index in [2.05, 4.69) is 29.0 Å². The summed E-state index contributed by atoms with van der Waals surface area (Å²) < 4.78 is 0. The molecule has 0 bridgehead atoms. The minimum atomic E-state index is 0.386. The summed E-state index contributed by atoms with van der Waals surface area (Å²) in [6.45, 7) is 4.19. The molecule has 4 nitrogen and oxygen atoms in total. The number of pyridine rings is 1. The van der Waals surface area contributed by atoms with Gasteiger partial charge in [-0.3, -0.25) is 5.10 Å². The molecule has 0 radical (unpaired) electrons. The zero-order valence-corrected chi connectivity index (χ0v) is 7.70. The van der Waals surface area contributed by atoms with Gasteiger partial charge in [-0.1, -0.05) is 13.8 Å². The fourth-order valence-corrected chi connectivity index (χ4v) is 1.38. The number of H-pyrrole nitrogens is 1. The van der Waals surface area contributed by atoms with Crippen molar-refractivity contribution >= 4 is 16.7 Å². The second-order valence-electron chi connectivity index (χ2n) is 3.43. The summed E-state index contributed by atoms with van der Waals surface area (Å²) in [5.74, 6) is 0.386. The monoisotopic (exact) mass is 176 g/mol. The highest BCUT2D eigenvalue weighted by atomic mass is 15.1. The van der Waals surface area contributed by atoms with Crippen LogP contribution in [0.1, 0.15) is 25.5 Å². The van der Waals surface area contributed by atoms with Crippen molar-refractivity contribution in [2.75, 3.05) is 5.73 Å². The van der Waals surface area contributed by atoms with Crippen molar-refractivity contribution in [3.8, 4) is 0 Å². The predicted molar refractivity (Wildman–Crippen MR) is 52.4 cm³/mol. The van der Waals surface area contributed by atoms with Crippen LogP contribution in [0.25, 0.3) is 11.0 Å². The first-order chi connectivity index (χ1) is 6.18. The minimum Gasteiger partial charge on any atom is -0.397 e. The van der Waals surface area contributed by atoms with Crippen LogP contribution >= 0.6 is 0 Å². The van der Waals surface area contributed by atoms with Crippen molar-refractivity contribution in [1.29, 1.82) is 0 Å². The molecule has 4 heteroatoms. The molecule has 0 atom stereocenters. The molecule has 0 aliphatic carbocycles. The van der Waals surface area contributed by atoms with Gasteiger partial charge in [-0.25, -0.2) is 4.98 Å². The van der Waals surface area contributed by atoms with E-state index in [1.165, 1.54) is 0 Å². The number of nitrogens with two attached hydrogens (primary N) is 1. The molecule has 3 N–H and O–H groups in total. The number of hydrogen-bond donors (Lipinski definition) is 2. The first-order valence-corrected chi connectivity index (χ1v) is 4.28. The van der Waals surface area contributed by atoms with Crippen molar-refractivity contribution in [3.63, 3.8) is 0 Å². The molecule has 13 heavy (non-hydrogen) atoms. The van der Waals surface area contributed by atoms with Crippen LogP contribution in [0.5, 0.6) is 0 Å².